The summed E-state index contributed by atoms with van der Waals surface area (Å²) in [5.41, 5.74) is 2.24. The molecule has 0 aliphatic carbocycles. The first-order valence-electron chi connectivity index (χ1n) is 11.0. The zero-order chi connectivity index (χ0) is 24.9. The molecule has 0 aliphatic heterocycles. The summed E-state index contributed by atoms with van der Waals surface area (Å²) in [6.07, 6.45) is 1.61. The molecule has 0 aromatic heterocycles. The van der Waals surface area contributed by atoms with Gasteiger partial charge in [0.15, 0.2) is 0 Å². The number of halogens is 3. The second-order valence-corrected chi connectivity index (χ2v) is 10.3. The van der Waals surface area contributed by atoms with Crippen molar-refractivity contribution in [2.24, 2.45) is 5.41 Å². The number of benzene rings is 1. The van der Waals surface area contributed by atoms with Gasteiger partial charge in [-0.3, -0.25) is 4.79 Å². The fourth-order valence-corrected chi connectivity index (χ4v) is 3.61. The van der Waals surface area contributed by atoms with E-state index >= 15 is 0 Å². The summed E-state index contributed by atoms with van der Waals surface area (Å²) < 4.78 is 39.1. The van der Waals surface area contributed by atoms with Gasteiger partial charge in [0.05, 0.1) is 6.42 Å². The molecule has 1 unspecified atom stereocenters. The van der Waals surface area contributed by atoms with E-state index < -0.39 is 25.0 Å². The van der Waals surface area contributed by atoms with Crippen LogP contribution in [-0.4, -0.2) is 23.5 Å². The first-order valence-corrected chi connectivity index (χ1v) is 11.0. The molecule has 0 radical (unpaired) electrons. The predicted octanol–water partition coefficient (Wildman–Crippen LogP) is 8.17. The van der Waals surface area contributed by atoms with Crippen LogP contribution >= 0.6 is 0 Å². The molecule has 0 saturated heterocycles. The van der Waals surface area contributed by atoms with Crippen LogP contribution in [0.1, 0.15) is 89.2 Å². The molecule has 0 saturated carbocycles. The van der Waals surface area contributed by atoms with Gasteiger partial charge < -0.3 is 4.90 Å². The van der Waals surface area contributed by atoms with E-state index in [1.54, 1.807) is 13.0 Å². The highest BCUT2D eigenvalue weighted by Crippen LogP contribution is 2.40. The van der Waals surface area contributed by atoms with Crippen LogP contribution < -0.4 is 0 Å². The van der Waals surface area contributed by atoms with Crippen molar-refractivity contribution in [2.75, 3.05) is 6.54 Å². The van der Waals surface area contributed by atoms with Crippen molar-refractivity contribution in [1.29, 1.82) is 0 Å². The molecular weight excluding hydrogens is 411 g/mol. The minimum absolute atomic E-state index is 0.0753. The highest BCUT2D eigenvalue weighted by Gasteiger charge is 2.33. The van der Waals surface area contributed by atoms with E-state index in [9.17, 15) is 18.0 Å². The summed E-state index contributed by atoms with van der Waals surface area (Å²) in [6, 6.07) is 5.82. The Kier molecular flexibility index (Phi) is 9.14. The minimum Gasteiger partial charge on any atom is -0.312 e. The molecule has 1 aromatic rings. The number of carbonyl (C=O) groups excluding carboxylic acids is 1. The number of nitrogens with zero attached hydrogens (tertiary/aromatic N) is 1. The lowest BCUT2D eigenvalue weighted by Gasteiger charge is -2.33. The first-order chi connectivity index (χ1) is 14.5. The van der Waals surface area contributed by atoms with Crippen molar-refractivity contribution in [3.8, 4) is 0 Å². The van der Waals surface area contributed by atoms with Gasteiger partial charge in [0.25, 0.3) is 5.91 Å². The molecule has 1 amide bonds. The fraction of sp³-hybridized carbons (Fsp3) is 0.519. The lowest BCUT2D eigenvalue weighted by atomic mass is 9.73. The second-order valence-electron chi connectivity index (χ2n) is 10.3. The van der Waals surface area contributed by atoms with Gasteiger partial charge in [-0.25, -0.2) is 0 Å². The van der Waals surface area contributed by atoms with E-state index in [1.807, 2.05) is 52.0 Å². The van der Waals surface area contributed by atoms with E-state index in [1.165, 1.54) is 11.0 Å². The second kappa shape index (κ2) is 10.5. The normalized spacial score (nSPS) is 14.5. The van der Waals surface area contributed by atoms with Gasteiger partial charge in [-0.2, -0.15) is 13.2 Å². The maximum absolute atomic E-state index is 13.8. The number of hydrogen-bond acceptors (Lipinski definition) is 1. The van der Waals surface area contributed by atoms with Crippen molar-refractivity contribution in [1.82, 2.24) is 4.90 Å². The van der Waals surface area contributed by atoms with Crippen molar-refractivity contribution in [2.45, 2.75) is 79.3 Å². The van der Waals surface area contributed by atoms with Crippen molar-refractivity contribution in [3.63, 3.8) is 0 Å². The summed E-state index contributed by atoms with van der Waals surface area (Å²) >= 11 is 0. The van der Waals surface area contributed by atoms with E-state index in [0.717, 1.165) is 11.1 Å². The van der Waals surface area contributed by atoms with Gasteiger partial charge in [-0.1, -0.05) is 78.5 Å². The summed E-state index contributed by atoms with van der Waals surface area (Å²) in [4.78, 5) is 15.0. The molecule has 0 aliphatic rings. The maximum atomic E-state index is 13.8. The molecule has 0 spiro atoms. The molecule has 1 rings (SSSR count). The lowest BCUT2D eigenvalue weighted by molar-refractivity contribution is -0.135. The molecule has 1 atom stereocenters. The fourth-order valence-electron chi connectivity index (χ4n) is 3.61. The topological polar surface area (TPSA) is 20.3 Å². The number of allylic oxidation sites excluding steroid dienone is 5. The summed E-state index contributed by atoms with van der Waals surface area (Å²) in [5, 5.41) is 0. The van der Waals surface area contributed by atoms with Gasteiger partial charge in [0, 0.05) is 23.7 Å². The summed E-state index contributed by atoms with van der Waals surface area (Å²) in [7, 11) is 0. The lowest BCUT2D eigenvalue weighted by Crippen LogP contribution is -2.34. The molecule has 32 heavy (non-hydrogen) atoms. The van der Waals surface area contributed by atoms with Crippen LogP contribution in [0.3, 0.4) is 0 Å². The van der Waals surface area contributed by atoms with Crippen LogP contribution in [0.4, 0.5) is 13.2 Å². The number of amides is 1. The first kappa shape index (κ1) is 27.7. The Balaban J connectivity index is 3.75. The molecule has 5 heteroatoms. The van der Waals surface area contributed by atoms with Crippen LogP contribution in [-0.2, 0) is 5.41 Å². The predicted molar refractivity (Wildman–Crippen MR) is 128 cm³/mol. The molecule has 2 nitrogen and oxygen atoms in total. The Labute approximate surface area is 191 Å². The molecule has 0 fully saturated rings. The molecule has 1 aromatic carbocycles. The summed E-state index contributed by atoms with van der Waals surface area (Å²) in [5.74, 6) is -0.502. The molecular formula is C27H38F3NO. The highest BCUT2D eigenvalue weighted by atomic mass is 19.4. The van der Waals surface area contributed by atoms with Crippen molar-refractivity contribution >= 4 is 5.91 Å². The number of carbonyl (C=O) groups is 1. The van der Waals surface area contributed by atoms with E-state index in [-0.39, 0.29) is 16.7 Å². The van der Waals surface area contributed by atoms with Crippen LogP contribution in [0, 0.1) is 5.41 Å². The van der Waals surface area contributed by atoms with E-state index in [2.05, 4.69) is 33.4 Å². The molecule has 0 heterocycles. The largest absolute Gasteiger partial charge is 0.390 e. The van der Waals surface area contributed by atoms with Crippen LogP contribution in [0.2, 0.25) is 0 Å². The van der Waals surface area contributed by atoms with Gasteiger partial charge >= 0.3 is 6.18 Å². The Hall–Kier alpha value is -2.30. The third-order valence-electron chi connectivity index (χ3n) is 5.45. The third-order valence-corrected chi connectivity index (χ3v) is 5.45. The third kappa shape index (κ3) is 7.68. The van der Waals surface area contributed by atoms with Gasteiger partial charge in [-0.05, 0) is 47.9 Å². The average Bonchev–Trinajstić information content (AvgIpc) is 2.63. The Morgan fingerprint density at radius 2 is 1.72 bits per heavy atom. The molecule has 0 bridgehead atoms. The minimum atomic E-state index is -4.36. The van der Waals surface area contributed by atoms with Crippen LogP contribution in [0.25, 0.3) is 0 Å². The molecule has 0 N–H and O–H groups in total. The SMILES string of the molecule is C=C/C=C(\C)N(CCC(F)(F)F)C(=O)c1cc(C(C)(C)C)ccc1C(/C=C/C)C(C)(C)C. The maximum Gasteiger partial charge on any atom is 0.390 e. The zero-order valence-corrected chi connectivity index (χ0v) is 20.7. The average molecular weight is 450 g/mol. The molecule has 178 valence electrons. The van der Waals surface area contributed by atoms with Crippen molar-refractivity contribution < 1.29 is 18.0 Å². The monoisotopic (exact) mass is 449 g/mol. The number of hydrogen-bond donors (Lipinski definition) is 0. The van der Waals surface area contributed by atoms with Gasteiger partial charge in [0.1, 0.15) is 0 Å². The Bertz CT molecular complexity index is 864. The van der Waals surface area contributed by atoms with Crippen LogP contribution in [0.15, 0.2) is 54.8 Å². The highest BCUT2D eigenvalue weighted by molar-refractivity contribution is 5.97. The Morgan fingerprint density at radius 3 is 2.16 bits per heavy atom. The number of rotatable bonds is 7. The van der Waals surface area contributed by atoms with Crippen molar-refractivity contribution in [3.05, 3.63) is 71.5 Å². The standard InChI is InChI=1S/C27H38F3NO/c1-10-12-19(3)31(17-16-27(28,29)30)24(32)22-18-20(25(4,5)6)14-15-21(22)23(13-11-2)26(7,8)9/h10-15,18,23H,1,16-17H2,2-9H3/b13-11+,19-12+. The van der Waals surface area contributed by atoms with E-state index in [0.29, 0.717) is 11.3 Å². The summed E-state index contributed by atoms with van der Waals surface area (Å²) in [6.45, 7) is 19.2. The smallest absolute Gasteiger partial charge is 0.312 e. The van der Waals surface area contributed by atoms with Crippen LogP contribution in [0.5, 0.6) is 0 Å². The van der Waals surface area contributed by atoms with Gasteiger partial charge in [-0.15, -0.1) is 0 Å². The Morgan fingerprint density at radius 1 is 1.12 bits per heavy atom. The van der Waals surface area contributed by atoms with Gasteiger partial charge in [0.2, 0.25) is 0 Å². The van der Waals surface area contributed by atoms with E-state index in [4.69, 9.17) is 0 Å². The quantitative estimate of drug-likeness (QED) is 0.304. The number of alkyl halides is 3. The zero-order valence-electron chi connectivity index (χ0n) is 20.7.